The number of ether oxygens (including phenoxy) is 1. The second-order valence-corrected chi connectivity index (χ2v) is 6.53. The molecular formula is C17H20FNO5. The molecular weight excluding hydrogens is 317 g/mol. The number of halogens is 1. The van der Waals surface area contributed by atoms with Crippen molar-refractivity contribution in [3.05, 3.63) is 29.6 Å². The van der Waals surface area contributed by atoms with Crippen LogP contribution in [0.25, 0.3) is 0 Å². The standard InChI is InChI=1S/C17H20FNO5/c18-12-2-1-3-14(15(12)17(22)23)24-11-5-4-9-8-19-13(16(20)21)7-10(9)6-11/h1-3,9-11,13,19H,4-8H2,(H,20,21)(H,22,23)/t9-,10+,11-,13-/m0/s1. The Balaban J connectivity index is 1.70. The van der Waals surface area contributed by atoms with E-state index in [1.165, 1.54) is 12.1 Å². The predicted octanol–water partition coefficient (Wildman–Crippen LogP) is 2.13. The molecule has 1 heterocycles. The van der Waals surface area contributed by atoms with Crippen molar-refractivity contribution in [3.8, 4) is 5.75 Å². The molecule has 0 amide bonds. The molecule has 6 nitrogen and oxygen atoms in total. The molecule has 1 aliphatic carbocycles. The monoisotopic (exact) mass is 337 g/mol. The van der Waals surface area contributed by atoms with Crippen LogP contribution in [0.1, 0.15) is 36.0 Å². The van der Waals surface area contributed by atoms with Crippen LogP contribution in [0.4, 0.5) is 4.39 Å². The summed E-state index contributed by atoms with van der Waals surface area (Å²) in [5.74, 6) is -2.37. The summed E-state index contributed by atoms with van der Waals surface area (Å²) in [6.07, 6.45) is 2.60. The molecule has 1 aliphatic heterocycles. The molecule has 0 unspecified atom stereocenters. The van der Waals surface area contributed by atoms with Crippen LogP contribution in [-0.2, 0) is 4.79 Å². The molecule has 1 aromatic carbocycles. The number of hydrogen-bond acceptors (Lipinski definition) is 4. The number of carboxylic acids is 2. The van der Waals surface area contributed by atoms with Gasteiger partial charge in [-0.15, -0.1) is 0 Å². The topological polar surface area (TPSA) is 95.9 Å². The second-order valence-electron chi connectivity index (χ2n) is 6.53. The molecule has 2 fully saturated rings. The lowest BCUT2D eigenvalue weighted by Crippen LogP contribution is -2.50. The molecule has 0 bridgehead atoms. The number of piperidine rings is 1. The smallest absolute Gasteiger partial charge is 0.342 e. The molecule has 7 heteroatoms. The van der Waals surface area contributed by atoms with E-state index in [-0.39, 0.29) is 17.8 Å². The second kappa shape index (κ2) is 6.76. The SMILES string of the molecule is O=C(O)c1c(F)cccc1O[C@H]1CC[C@H]2CN[C@H](C(=O)O)C[C@H]2C1. The van der Waals surface area contributed by atoms with Crippen molar-refractivity contribution >= 4 is 11.9 Å². The van der Waals surface area contributed by atoms with Gasteiger partial charge in [0.2, 0.25) is 0 Å². The van der Waals surface area contributed by atoms with Gasteiger partial charge in [0.1, 0.15) is 23.2 Å². The van der Waals surface area contributed by atoms with Crippen LogP contribution in [-0.4, -0.2) is 40.8 Å². The Labute approximate surface area is 138 Å². The Bertz CT molecular complexity index is 650. The summed E-state index contributed by atoms with van der Waals surface area (Å²) in [6.45, 7) is 0.675. The zero-order valence-electron chi connectivity index (χ0n) is 13.1. The highest BCUT2D eigenvalue weighted by molar-refractivity contribution is 5.91. The summed E-state index contributed by atoms with van der Waals surface area (Å²) in [4.78, 5) is 22.4. The van der Waals surface area contributed by atoms with Gasteiger partial charge < -0.3 is 20.3 Å². The lowest BCUT2D eigenvalue weighted by molar-refractivity contribution is -0.141. The summed E-state index contributed by atoms with van der Waals surface area (Å²) >= 11 is 0. The molecule has 3 rings (SSSR count). The van der Waals surface area contributed by atoms with Crippen LogP contribution < -0.4 is 10.1 Å². The number of nitrogens with one attached hydrogen (secondary N) is 1. The lowest BCUT2D eigenvalue weighted by atomic mass is 9.72. The van der Waals surface area contributed by atoms with E-state index in [2.05, 4.69) is 5.32 Å². The van der Waals surface area contributed by atoms with Gasteiger partial charge in [-0.1, -0.05) is 6.07 Å². The highest BCUT2D eigenvalue weighted by atomic mass is 19.1. The zero-order valence-corrected chi connectivity index (χ0v) is 13.1. The Kier molecular flexibility index (Phi) is 4.71. The maximum absolute atomic E-state index is 13.7. The Hall–Kier alpha value is -2.15. The number of carboxylic acid groups (broad SMARTS) is 2. The first-order valence-corrected chi connectivity index (χ1v) is 8.10. The summed E-state index contributed by atoms with van der Waals surface area (Å²) in [7, 11) is 0. The maximum atomic E-state index is 13.7. The molecule has 1 saturated heterocycles. The third-order valence-corrected chi connectivity index (χ3v) is 5.04. The van der Waals surface area contributed by atoms with Gasteiger partial charge in [0, 0.05) is 0 Å². The summed E-state index contributed by atoms with van der Waals surface area (Å²) in [6, 6.07) is 3.43. The van der Waals surface area contributed by atoms with Crippen LogP contribution in [0.15, 0.2) is 18.2 Å². The molecule has 1 saturated carbocycles. The van der Waals surface area contributed by atoms with E-state index in [4.69, 9.17) is 14.9 Å². The third-order valence-electron chi connectivity index (χ3n) is 5.04. The molecule has 130 valence electrons. The minimum Gasteiger partial charge on any atom is -0.489 e. The molecule has 4 atom stereocenters. The van der Waals surface area contributed by atoms with Gasteiger partial charge in [0.25, 0.3) is 0 Å². The fourth-order valence-electron chi connectivity index (χ4n) is 3.81. The molecule has 0 aromatic heterocycles. The molecule has 0 spiro atoms. The fourth-order valence-corrected chi connectivity index (χ4v) is 3.81. The van der Waals surface area contributed by atoms with E-state index in [1.54, 1.807) is 0 Å². The van der Waals surface area contributed by atoms with E-state index in [0.717, 1.165) is 18.9 Å². The normalized spacial score (nSPS) is 29.5. The highest BCUT2D eigenvalue weighted by Crippen LogP contribution is 2.37. The van der Waals surface area contributed by atoms with Gasteiger partial charge in [-0.2, -0.15) is 0 Å². The number of rotatable bonds is 4. The van der Waals surface area contributed by atoms with E-state index < -0.39 is 29.4 Å². The summed E-state index contributed by atoms with van der Waals surface area (Å²) in [5, 5.41) is 21.4. The van der Waals surface area contributed by atoms with E-state index in [9.17, 15) is 14.0 Å². The van der Waals surface area contributed by atoms with E-state index in [0.29, 0.717) is 25.3 Å². The number of carbonyl (C=O) groups is 2. The van der Waals surface area contributed by atoms with Crippen LogP contribution >= 0.6 is 0 Å². The predicted molar refractivity (Wildman–Crippen MR) is 82.6 cm³/mol. The molecule has 0 radical (unpaired) electrons. The minimum atomic E-state index is -1.36. The van der Waals surface area contributed by atoms with Crippen molar-refractivity contribution in [2.24, 2.45) is 11.8 Å². The van der Waals surface area contributed by atoms with Crippen molar-refractivity contribution in [1.82, 2.24) is 5.32 Å². The summed E-state index contributed by atoms with van der Waals surface area (Å²) < 4.78 is 19.5. The quantitative estimate of drug-likeness (QED) is 0.779. The lowest BCUT2D eigenvalue weighted by Gasteiger charge is -2.41. The van der Waals surface area contributed by atoms with Crippen molar-refractivity contribution < 1.29 is 28.9 Å². The van der Waals surface area contributed by atoms with Crippen LogP contribution in [0.2, 0.25) is 0 Å². The number of aliphatic carboxylic acids is 1. The Morgan fingerprint density at radius 3 is 2.67 bits per heavy atom. The van der Waals surface area contributed by atoms with Gasteiger partial charge in [-0.3, -0.25) is 4.79 Å². The molecule has 24 heavy (non-hydrogen) atoms. The highest BCUT2D eigenvalue weighted by Gasteiger charge is 2.38. The average Bonchev–Trinajstić information content (AvgIpc) is 2.53. The summed E-state index contributed by atoms with van der Waals surface area (Å²) in [5.41, 5.74) is -0.451. The largest absolute Gasteiger partial charge is 0.489 e. The fraction of sp³-hybridized carbons (Fsp3) is 0.529. The average molecular weight is 337 g/mol. The van der Waals surface area contributed by atoms with Gasteiger partial charge in [-0.05, 0) is 56.2 Å². The van der Waals surface area contributed by atoms with Gasteiger partial charge in [0.15, 0.2) is 0 Å². The van der Waals surface area contributed by atoms with Crippen LogP contribution in [0.3, 0.4) is 0 Å². The van der Waals surface area contributed by atoms with Crippen LogP contribution in [0, 0.1) is 17.7 Å². The Morgan fingerprint density at radius 1 is 1.17 bits per heavy atom. The minimum absolute atomic E-state index is 0.0367. The van der Waals surface area contributed by atoms with Crippen molar-refractivity contribution in [2.45, 2.75) is 37.8 Å². The maximum Gasteiger partial charge on any atom is 0.342 e. The van der Waals surface area contributed by atoms with Crippen molar-refractivity contribution in [3.63, 3.8) is 0 Å². The van der Waals surface area contributed by atoms with E-state index >= 15 is 0 Å². The van der Waals surface area contributed by atoms with Crippen molar-refractivity contribution in [2.75, 3.05) is 6.54 Å². The zero-order chi connectivity index (χ0) is 17.3. The van der Waals surface area contributed by atoms with E-state index in [1.807, 2.05) is 0 Å². The molecule has 2 aliphatic rings. The molecule has 3 N–H and O–H groups in total. The number of hydrogen-bond donors (Lipinski definition) is 3. The number of aromatic carboxylic acids is 1. The van der Waals surface area contributed by atoms with Gasteiger partial charge in [-0.25, -0.2) is 9.18 Å². The van der Waals surface area contributed by atoms with Crippen LogP contribution in [0.5, 0.6) is 5.75 Å². The number of fused-ring (bicyclic) bond motifs is 1. The Morgan fingerprint density at radius 2 is 1.96 bits per heavy atom. The van der Waals surface area contributed by atoms with Gasteiger partial charge >= 0.3 is 11.9 Å². The molecule has 1 aromatic rings. The first-order chi connectivity index (χ1) is 11.5. The first-order valence-electron chi connectivity index (χ1n) is 8.10. The number of benzene rings is 1. The van der Waals surface area contributed by atoms with Gasteiger partial charge in [0.05, 0.1) is 6.10 Å². The first kappa shape index (κ1) is 16.7. The van der Waals surface area contributed by atoms with Crippen molar-refractivity contribution in [1.29, 1.82) is 0 Å². The third kappa shape index (κ3) is 3.36.